The molecule has 0 aliphatic carbocycles. The number of rotatable bonds is 6. The molecule has 1 fully saturated rings. The lowest BCUT2D eigenvalue weighted by atomic mass is 10.0. The summed E-state index contributed by atoms with van der Waals surface area (Å²) in [6.45, 7) is 14.0. The number of morpholine rings is 1. The lowest BCUT2D eigenvalue weighted by Crippen LogP contribution is -2.56. The van der Waals surface area contributed by atoms with Crippen LogP contribution in [0.4, 0.5) is 0 Å². The van der Waals surface area contributed by atoms with Gasteiger partial charge in [0, 0.05) is 38.8 Å². The van der Waals surface area contributed by atoms with Crippen LogP contribution >= 0.6 is 24.0 Å². The van der Waals surface area contributed by atoms with Crippen molar-refractivity contribution < 1.29 is 13.2 Å². The number of nitrogens with one attached hydrogen (secondary N) is 2. The zero-order chi connectivity index (χ0) is 18.4. The highest BCUT2D eigenvalue weighted by molar-refractivity contribution is 14.0. The predicted molar refractivity (Wildman–Crippen MR) is 115 cm³/mol. The molecule has 0 atom stereocenters. The summed E-state index contributed by atoms with van der Waals surface area (Å²) < 4.78 is 28.9. The highest BCUT2D eigenvalue weighted by Crippen LogP contribution is 2.16. The monoisotopic (exact) mass is 490 g/mol. The first-order chi connectivity index (χ1) is 11.0. The highest BCUT2D eigenvalue weighted by atomic mass is 127. The predicted octanol–water partition coefficient (Wildman–Crippen LogP) is 1.09. The van der Waals surface area contributed by atoms with Gasteiger partial charge >= 0.3 is 0 Å². The molecule has 1 aliphatic rings. The number of halogens is 1. The third-order valence-electron chi connectivity index (χ3n) is 4.38. The SMILES string of the molecule is CN=C(NCCS(=O)(=O)C(C)(C)C)NCC(C)(C)N1CCOCC1.I. The van der Waals surface area contributed by atoms with Gasteiger partial charge in [0.25, 0.3) is 0 Å². The second-order valence-electron chi connectivity index (χ2n) is 7.70. The molecule has 0 spiro atoms. The Hall–Kier alpha value is -0.130. The van der Waals surface area contributed by atoms with Crippen molar-refractivity contribution in [1.82, 2.24) is 15.5 Å². The van der Waals surface area contributed by atoms with E-state index in [-0.39, 0.29) is 35.3 Å². The van der Waals surface area contributed by atoms with Crippen LogP contribution in [0.1, 0.15) is 34.6 Å². The van der Waals surface area contributed by atoms with Gasteiger partial charge in [-0.2, -0.15) is 0 Å². The van der Waals surface area contributed by atoms with E-state index in [1.807, 2.05) is 0 Å². The molecule has 25 heavy (non-hydrogen) atoms. The maximum Gasteiger partial charge on any atom is 0.191 e. The number of nitrogens with zero attached hydrogens (tertiary/aromatic N) is 2. The second kappa shape index (κ2) is 10.3. The van der Waals surface area contributed by atoms with Crippen LogP contribution in [0.15, 0.2) is 4.99 Å². The van der Waals surface area contributed by atoms with Crippen LogP contribution in [0.25, 0.3) is 0 Å². The molecule has 0 aromatic rings. The van der Waals surface area contributed by atoms with Crippen LogP contribution in [0.2, 0.25) is 0 Å². The average molecular weight is 490 g/mol. The molecule has 150 valence electrons. The van der Waals surface area contributed by atoms with Crippen molar-refractivity contribution in [2.24, 2.45) is 4.99 Å². The minimum atomic E-state index is -3.13. The Balaban J connectivity index is 0.00000576. The van der Waals surface area contributed by atoms with Gasteiger partial charge < -0.3 is 15.4 Å². The minimum absolute atomic E-state index is 0. The summed E-state index contributed by atoms with van der Waals surface area (Å²) in [7, 11) is -1.44. The van der Waals surface area contributed by atoms with E-state index in [0.717, 1.165) is 32.8 Å². The summed E-state index contributed by atoms with van der Waals surface area (Å²) in [6.07, 6.45) is 0. The maximum absolute atomic E-state index is 12.1. The molecule has 1 aliphatic heterocycles. The summed E-state index contributed by atoms with van der Waals surface area (Å²) in [6, 6.07) is 0. The van der Waals surface area contributed by atoms with Crippen molar-refractivity contribution in [3.05, 3.63) is 0 Å². The van der Waals surface area contributed by atoms with Crippen LogP contribution in [0, 0.1) is 0 Å². The molecule has 0 aromatic heterocycles. The summed E-state index contributed by atoms with van der Waals surface area (Å²) in [5, 5.41) is 6.38. The van der Waals surface area contributed by atoms with Gasteiger partial charge in [-0.25, -0.2) is 8.42 Å². The van der Waals surface area contributed by atoms with Crippen molar-refractivity contribution in [1.29, 1.82) is 0 Å². The molecule has 0 bridgehead atoms. The first-order valence-corrected chi connectivity index (χ1v) is 10.1. The zero-order valence-electron chi connectivity index (χ0n) is 16.4. The molecule has 7 nitrogen and oxygen atoms in total. The smallest absolute Gasteiger partial charge is 0.191 e. The Labute approximate surface area is 170 Å². The first kappa shape index (κ1) is 24.9. The van der Waals surface area contributed by atoms with Gasteiger partial charge in [0.15, 0.2) is 15.8 Å². The van der Waals surface area contributed by atoms with E-state index in [1.54, 1.807) is 27.8 Å². The first-order valence-electron chi connectivity index (χ1n) is 8.49. The van der Waals surface area contributed by atoms with Crippen molar-refractivity contribution >= 4 is 39.8 Å². The fourth-order valence-electron chi connectivity index (χ4n) is 2.41. The summed E-state index contributed by atoms with van der Waals surface area (Å²) in [5.41, 5.74) is -0.0289. The molecule has 0 radical (unpaired) electrons. The Morgan fingerprint density at radius 3 is 2.16 bits per heavy atom. The van der Waals surface area contributed by atoms with Gasteiger partial charge in [-0.05, 0) is 34.6 Å². The molecule has 1 saturated heterocycles. The minimum Gasteiger partial charge on any atom is -0.379 e. The van der Waals surface area contributed by atoms with Gasteiger partial charge in [0.1, 0.15) is 0 Å². The second-order valence-corrected chi connectivity index (χ2v) is 10.6. The molecule has 0 amide bonds. The average Bonchev–Trinajstić information content (AvgIpc) is 2.50. The third-order valence-corrected chi connectivity index (χ3v) is 6.98. The van der Waals surface area contributed by atoms with Crippen molar-refractivity contribution in [2.75, 3.05) is 52.2 Å². The molecule has 0 aromatic carbocycles. The van der Waals surface area contributed by atoms with E-state index in [1.165, 1.54) is 0 Å². The third kappa shape index (κ3) is 7.96. The van der Waals surface area contributed by atoms with Gasteiger partial charge in [-0.15, -0.1) is 24.0 Å². The highest BCUT2D eigenvalue weighted by Gasteiger charge is 2.29. The Kier molecular flexibility index (Phi) is 10.2. The number of ether oxygens (including phenoxy) is 1. The number of hydrogen-bond acceptors (Lipinski definition) is 5. The van der Waals surface area contributed by atoms with Crippen LogP contribution in [0.5, 0.6) is 0 Å². The van der Waals surface area contributed by atoms with Crippen molar-refractivity contribution in [3.8, 4) is 0 Å². The maximum atomic E-state index is 12.1. The molecule has 1 rings (SSSR count). The summed E-state index contributed by atoms with van der Waals surface area (Å²) in [5.74, 6) is 0.713. The molecule has 0 saturated carbocycles. The van der Waals surface area contributed by atoms with E-state index >= 15 is 0 Å². The number of guanidine groups is 1. The normalized spacial score (nSPS) is 17.8. The molecule has 9 heteroatoms. The van der Waals surface area contributed by atoms with Gasteiger partial charge in [-0.1, -0.05) is 0 Å². The number of sulfone groups is 1. The van der Waals surface area contributed by atoms with Gasteiger partial charge in [0.05, 0.1) is 23.7 Å². The Bertz CT molecular complexity index is 524. The van der Waals surface area contributed by atoms with E-state index in [0.29, 0.717) is 12.5 Å². The van der Waals surface area contributed by atoms with Crippen LogP contribution < -0.4 is 10.6 Å². The summed E-state index contributed by atoms with van der Waals surface area (Å²) in [4.78, 5) is 6.56. The van der Waals surface area contributed by atoms with Crippen molar-refractivity contribution in [2.45, 2.75) is 44.9 Å². The van der Waals surface area contributed by atoms with Crippen molar-refractivity contribution in [3.63, 3.8) is 0 Å². The van der Waals surface area contributed by atoms with Crippen LogP contribution in [-0.2, 0) is 14.6 Å². The van der Waals surface area contributed by atoms with Crippen LogP contribution in [0.3, 0.4) is 0 Å². The lowest BCUT2D eigenvalue weighted by Gasteiger charge is -2.41. The zero-order valence-corrected chi connectivity index (χ0v) is 19.5. The van der Waals surface area contributed by atoms with E-state index in [4.69, 9.17) is 4.74 Å². The van der Waals surface area contributed by atoms with Crippen LogP contribution in [-0.4, -0.2) is 81.8 Å². The van der Waals surface area contributed by atoms with E-state index < -0.39 is 14.6 Å². The molecule has 1 heterocycles. The fraction of sp³-hybridized carbons (Fsp3) is 0.938. The fourth-order valence-corrected chi connectivity index (χ4v) is 3.39. The van der Waals surface area contributed by atoms with Gasteiger partial charge in [-0.3, -0.25) is 9.89 Å². The number of hydrogen-bond donors (Lipinski definition) is 2. The van der Waals surface area contributed by atoms with Gasteiger partial charge in [0.2, 0.25) is 0 Å². The molecular weight excluding hydrogens is 455 g/mol. The topological polar surface area (TPSA) is 83.0 Å². The largest absolute Gasteiger partial charge is 0.379 e. The molecule has 0 unspecified atom stereocenters. The van der Waals surface area contributed by atoms with E-state index in [9.17, 15) is 8.42 Å². The summed E-state index contributed by atoms with van der Waals surface area (Å²) >= 11 is 0. The Morgan fingerprint density at radius 2 is 1.68 bits per heavy atom. The quantitative estimate of drug-likeness (QED) is 0.330. The standard InChI is InChI=1S/C16H34N4O3S.HI/c1-15(2,3)24(21,22)12-7-18-14(17-6)19-13-16(4,5)20-8-10-23-11-9-20;/h7-13H2,1-6H3,(H2,17,18,19);1H. The number of aliphatic imine (C=N–C) groups is 1. The molecular formula is C16H35IN4O3S. The lowest BCUT2D eigenvalue weighted by molar-refractivity contribution is -0.00833. The molecule has 2 N–H and O–H groups in total. The Morgan fingerprint density at radius 1 is 1.12 bits per heavy atom. The van der Waals surface area contributed by atoms with E-state index in [2.05, 4.69) is 34.4 Å².